The molecule has 1 saturated heterocycles. The van der Waals surface area contributed by atoms with E-state index in [9.17, 15) is 0 Å². The van der Waals surface area contributed by atoms with Crippen LogP contribution in [0.2, 0.25) is 0 Å². The third-order valence-corrected chi connectivity index (χ3v) is 5.76. The van der Waals surface area contributed by atoms with Gasteiger partial charge in [0.05, 0.1) is 37.1 Å². The van der Waals surface area contributed by atoms with E-state index in [4.69, 9.17) is 9.73 Å². The number of morpholine rings is 1. The van der Waals surface area contributed by atoms with Crippen molar-refractivity contribution in [1.29, 1.82) is 0 Å². The average molecular weight is 563 g/mol. The van der Waals surface area contributed by atoms with Gasteiger partial charge >= 0.3 is 0 Å². The maximum Gasteiger partial charge on any atom is 0.191 e. The molecule has 4 rings (SSSR count). The zero-order valence-corrected chi connectivity index (χ0v) is 21.7. The molecule has 3 aromatic rings. The fraction of sp³-hybridized carbons (Fsp3) is 0.440. The summed E-state index contributed by atoms with van der Waals surface area (Å²) in [4.78, 5) is 11.8. The van der Waals surface area contributed by atoms with Gasteiger partial charge in [-0.1, -0.05) is 36.4 Å². The number of nitrogens with zero attached hydrogens (tertiary/aromatic N) is 4. The molecule has 1 fully saturated rings. The molecule has 0 aliphatic carbocycles. The molecule has 0 amide bonds. The van der Waals surface area contributed by atoms with Crippen molar-refractivity contribution in [2.24, 2.45) is 4.99 Å². The van der Waals surface area contributed by atoms with E-state index in [1.165, 1.54) is 16.6 Å². The van der Waals surface area contributed by atoms with Crippen LogP contribution < -0.4 is 10.6 Å². The number of aryl methyl sites for hydroxylation is 1. The quantitative estimate of drug-likeness (QED) is 0.181. The van der Waals surface area contributed by atoms with Crippen molar-refractivity contribution in [2.75, 3.05) is 39.4 Å². The summed E-state index contributed by atoms with van der Waals surface area (Å²) in [5.41, 5.74) is 4.86. The number of ether oxygens (including phenoxy) is 1. The largest absolute Gasteiger partial charge is 0.379 e. The van der Waals surface area contributed by atoms with Gasteiger partial charge < -0.3 is 19.9 Å². The van der Waals surface area contributed by atoms with Gasteiger partial charge in [-0.2, -0.15) is 0 Å². The molecule has 33 heavy (non-hydrogen) atoms. The lowest BCUT2D eigenvalue weighted by Gasteiger charge is -2.27. The first-order chi connectivity index (χ1) is 15.8. The third kappa shape index (κ3) is 7.41. The van der Waals surface area contributed by atoms with Gasteiger partial charge in [-0.25, -0.2) is 9.98 Å². The maximum atomic E-state index is 5.48. The van der Waals surface area contributed by atoms with E-state index in [1.54, 1.807) is 0 Å². The molecule has 2 heterocycles. The number of guanidine groups is 1. The monoisotopic (exact) mass is 562 g/mol. The minimum Gasteiger partial charge on any atom is -0.379 e. The van der Waals surface area contributed by atoms with Crippen LogP contribution in [0.5, 0.6) is 0 Å². The van der Waals surface area contributed by atoms with Crippen molar-refractivity contribution in [3.8, 4) is 0 Å². The Kier molecular flexibility index (Phi) is 10.4. The highest BCUT2D eigenvalue weighted by molar-refractivity contribution is 14.0. The highest BCUT2D eigenvalue weighted by Gasteiger charge is 2.12. The summed E-state index contributed by atoms with van der Waals surface area (Å²) in [6, 6.07) is 16.9. The Morgan fingerprint density at radius 1 is 1.03 bits per heavy atom. The second-order valence-corrected chi connectivity index (χ2v) is 8.06. The first-order valence-electron chi connectivity index (χ1n) is 11.6. The molecule has 0 bridgehead atoms. The lowest BCUT2D eigenvalue weighted by Crippen LogP contribution is -2.38. The van der Waals surface area contributed by atoms with Gasteiger partial charge in [0.15, 0.2) is 5.96 Å². The van der Waals surface area contributed by atoms with Gasteiger partial charge in [-0.05, 0) is 36.6 Å². The highest BCUT2D eigenvalue weighted by atomic mass is 127. The fourth-order valence-corrected chi connectivity index (χ4v) is 4.02. The Morgan fingerprint density at radius 2 is 1.79 bits per heavy atom. The van der Waals surface area contributed by atoms with Crippen LogP contribution in [0.25, 0.3) is 11.0 Å². The van der Waals surface area contributed by atoms with Crippen LogP contribution in [-0.4, -0.2) is 59.8 Å². The normalized spacial score (nSPS) is 14.8. The molecule has 0 atom stereocenters. The number of imidazole rings is 1. The number of hydrogen-bond acceptors (Lipinski definition) is 4. The van der Waals surface area contributed by atoms with Gasteiger partial charge in [-0.3, -0.25) is 4.90 Å². The molecule has 1 aliphatic rings. The molecular formula is C25H35IN6O. The van der Waals surface area contributed by atoms with Gasteiger partial charge in [0.1, 0.15) is 0 Å². The Labute approximate surface area is 213 Å². The molecular weight excluding hydrogens is 527 g/mol. The average Bonchev–Trinajstić information content (AvgIpc) is 3.25. The number of para-hydroxylation sites is 2. The maximum absolute atomic E-state index is 5.48. The van der Waals surface area contributed by atoms with Crippen LogP contribution in [0.3, 0.4) is 0 Å². The molecule has 8 heteroatoms. The van der Waals surface area contributed by atoms with Crippen molar-refractivity contribution in [3.05, 3.63) is 66.0 Å². The molecule has 2 N–H and O–H groups in total. The van der Waals surface area contributed by atoms with Crippen molar-refractivity contribution < 1.29 is 4.74 Å². The Balaban J connectivity index is 0.00000306. The topological polar surface area (TPSA) is 66.7 Å². The first-order valence-corrected chi connectivity index (χ1v) is 11.6. The Hall–Kier alpha value is -2.17. The first kappa shape index (κ1) is 25.5. The van der Waals surface area contributed by atoms with Crippen LogP contribution in [0.4, 0.5) is 0 Å². The van der Waals surface area contributed by atoms with Crippen molar-refractivity contribution in [2.45, 2.75) is 33.0 Å². The van der Waals surface area contributed by atoms with Gasteiger partial charge in [-0.15, -0.1) is 24.0 Å². The number of halogens is 1. The molecule has 0 unspecified atom stereocenters. The summed E-state index contributed by atoms with van der Waals surface area (Å²) in [7, 11) is 0. The predicted octanol–water partition coefficient (Wildman–Crippen LogP) is 3.63. The number of aromatic nitrogens is 2. The second kappa shape index (κ2) is 13.5. The summed E-state index contributed by atoms with van der Waals surface area (Å²) in [5, 5.41) is 6.85. The molecule has 1 aromatic heterocycles. The molecule has 7 nitrogen and oxygen atoms in total. The van der Waals surface area contributed by atoms with Crippen molar-refractivity contribution in [1.82, 2.24) is 25.1 Å². The summed E-state index contributed by atoms with van der Waals surface area (Å²) >= 11 is 0. The SMILES string of the molecule is CCNC(=NCc1ccccc1CN1CCOCC1)NCCCn1cnc2ccccc21.I. The zero-order chi connectivity index (χ0) is 22.0. The second-order valence-electron chi connectivity index (χ2n) is 8.06. The molecule has 2 aromatic carbocycles. The van der Waals surface area contributed by atoms with Gasteiger partial charge in [0.2, 0.25) is 0 Å². The van der Waals surface area contributed by atoms with E-state index in [2.05, 4.69) is 74.5 Å². The lowest BCUT2D eigenvalue weighted by molar-refractivity contribution is 0.0341. The summed E-state index contributed by atoms with van der Waals surface area (Å²) in [6.45, 7) is 9.98. The molecule has 0 spiro atoms. The molecule has 1 aliphatic heterocycles. The lowest BCUT2D eigenvalue weighted by atomic mass is 10.1. The zero-order valence-electron chi connectivity index (χ0n) is 19.4. The van der Waals surface area contributed by atoms with Crippen LogP contribution in [0, 0.1) is 0 Å². The summed E-state index contributed by atoms with van der Waals surface area (Å²) in [5.74, 6) is 0.865. The van der Waals surface area contributed by atoms with E-state index in [1.807, 2.05) is 12.4 Å². The van der Waals surface area contributed by atoms with E-state index >= 15 is 0 Å². The van der Waals surface area contributed by atoms with Crippen LogP contribution in [0.15, 0.2) is 59.9 Å². The molecule has 0 radical (unpaired) electrons. The number of rotatable bonds is 9. The Morgan fingerprint density at radius 3 is 2.61 bits per heavy atom. The minimum absolute atomic E-state index is 0. The smallest absolute Gasteiger partial charge is 0.191 e. The van der Waals surface area contributed by atoms with Crippen LogP contribution in [0.1, 0.15) is 24.5 Å². The standard InChI is InChI=1S/C25H34N6O.HI/c1-2-26-25(27-12-7-13-31-20-29-23-10-5-6-11-24(23)31)28-18-21-8-3-4-9-22(21)19-30-14-16-32-17-15-30;/h3-6,8-11,20H,2,7,12-19H2,1H3,(H2,26,27,28);1H. The third-order valence-electron chi connectivity index (χ3n) is 5.76. The van der Waals surface area contributed by atoms with Gasteiger partial charge in [0.25, 0.3) is 0 Å². The Bertz CT molecular complexity index is 1010. The number of fused-ring (bicyclic) bond motifs is 1. The summed E-state index contributed by atoms with van der Waals surface area (Å²) < 4.78 is 7.69. The predicted molar refractivity (Wildman–Crippen MR) is 145 cm³/mol. The number of nitrogens with one attached hydrogen (secondary N) is 2. The van der Waals surface area contributed by atoms with Crippen LogP contribution >= 0.6 is 24.0 Å². The number of benzene rings is 2. The molecule has 0 saturated carbocycles. The summed E-state index contributed by atoms with van der Waals surface area (Å²) in [6.07, 6.45) is 2.92. The van der Waals surface area contributed by atoms with Crippen molar-refractivity contribution in [3.63, 3.8) is 0 Å². The van der Waals surface area contributed by atoms with Crippen molar-refractivity contribution >= 4 is 41.0 Å². The minimum atomic E-state index is 0. The highest BCUT2D eigenvalue weighted by Crippen LogP contribution is 2.14. The van der Waals surface area contributed by atoms with E-state index < -0.39 is 0 Å². The number of aliphatic imine (C=N–C) groups is 1. The van der Waals surface area contributed by atoms with E-state index in [0.717, 1.165) is 70.4 Å². The van der Waals surface area contributed by atoms with E-state index in [0.29, 0.717) is 6.54 Å². The number of hydrogen-bond donors (Lipinski definition) is 2. The fourth-order valence-electron chi connectivity index (χ4n) is 4.02. The van der Waals surface area contributed by atoms with E-state index in [-0.39, 0.29) is 24.0 Å². The molecule has 178 valence electrons. The van der Waals surface area contributed by atoms with Gasteiger partial charge in [0, 0.05) is 39.3 Å². The van der Waals surface area contributed by atoms with Crippen LogP contribution in [-0.2, 0) is 24.4 Å².